The fraction of sp³-hybridized carbons (Fsp3) is 0.417. The number of hydrogen-bond donors (Lipinski definition) is 2. The second-order valence-electron chi connectivity index (χ2n) is 3.69. The zero-order valence-corrected chi connectivity index (χ0v) is 10.4. The molecule has 4 heteroatoms. The van der Waals surface area contributed by atoms with E-state index >= 15 is 0 Å². The summed E-state index contributed by atoms with van der Waals surface area (Å²) in [6, 6.07) is 5.68. The molecule has 0 saturated heterocycles. The van der Waals surface area contributed by atoms with Gasteiger partial charge in [-0.05, 0) is 31.0 Å². The van der Waals surface area contributed by atoms with Gasteiger partial charge in [0, 0.05) is 6.54 Å². The second-order valence-corrected chi connectivity index (χ2v) is 4.09. The number of carbonyl (C=O) groups is 1. The van der Waals surface area contributed by atoms with E-state index in [0.717, 1.165) is 17.7 Å². The Morgan fingerprint density at radius 2 is 2.19 bits per heavy atom. The molecule has 1 amide bonds. The summed E-state index contributed by atoms with van der Waals surface area (Å²) in [7, 11) is 0. The van der Waals surface area contributed by atoms with Crippen LogP contribution in [0.5, 0.6) is 0 Å². The van der Waals surface area contributed by atoms with E-state index in [0.29, 0.717) is 11.6 Å². The summed E-state index contributed by atoms with van der Waals surface area (Å²) in [5, 5.41) is 6.44. The van der Waals surface area contributed by atoms with Crippen LogP contribution in [-0.2, 0) is 4.79 Å². The Morgan fingerprint density at radius 1 is 1.44 bits per heavy atom. The Labute approximate surface area is 101 Å². The summed E-state index contributed by atoms with van der Waals surface area (Å²) in [6.45, 7) is 4.97. The number of amides is 1. The van der Waals surface area contributed by atoms with E-state index in [2.05, 4.69) is 10.6 Å². The average molecular weight is 241 g/mol. The van der Waals surface area contributed by atoms with Gasteiger partial charge in [0.05, 0.1) is 17.3 Å². The molecule has 1 rings (SSSR count). The first-order valence-electron chi connectivity index (χ1n) is 5.40. The van der Waals surface area contributed by atoms with E-state index in [1.165, 1.54) is 0 Å². The SMILES string of the molecule is CCCNC(=O)CNc1cc(C)ccc1Cl. The molecule has 2 N–H and O–H groups in total. The lowest BCUT2D eigenvalue weighted by Gasteiger charge is -2.09. The summed E-state index contributed by atoms with van der Waals surface area (Å²) < 4.78 is 0. The van der Waals surface area contributed by atoms with E-state index in [1.54, 1.807) is 0 Å². The van der Waals surface area contributed by atoms with Gasteiger partial charge in [-0.2, -0.15) is 0 Å². The minimum Gasteiger partial charge on any atom is -0.375 e. The molecule has 88 valence electrons. The molecule has 0 unspecified atom stereocenters. The predicted molar refractivity (Wildman–Crippen MR) is 68.0 cm³/mol. The first-order chi connectivity index (χ1) is 7.63. The number of carbonyl (C=O) groups excluding carboxylic acids is 1. The maximum Gasteiger partial charge on any atom is 0.239 e. The number of aryl methyl sites for hydroxylation is 1. The van der Waals surface area contributed by atoms with Gasteiger partial charge in [-0.15, -0.1) is 0 Å². The number of nitrogens with one attached hydrogen (secondary N) is 2. The molecular weight excluding hydrogens is 224 g/mol. The lowest BCUT2D eigenvalue weighted by molar-refractivity contribution is -0.119. The minimum atomic E-state index is -0.0144. The third-order valence-corrected chi connectivity index (χ3v) is 2.46. The molecule has 0 aliphatic carbocycles. The minimum absolute atomic E-state index is 0.0144. The molecular formula is C12H17ClN2O. The van der Waals surface area contributed by atoms with Crippen molar-refractivity contribution in [2.24, 2.45) is 0 Å². The third-order valence-electron chi connectivity index (χ3n) is 2.13. The van der Waals surface area contributed by atoms with Gasteiger partial charge in [0.25, 0.3) is 0 Å². The van der Waals surface area contributed by atoms with Crippen molar-refractivity contribution in [3.8, 4) is 0 Å². The summed E-state index contributed by atoms with van der Waals surface area (Å²) in [6.07, 6.45) is 0.941. The van der Waals surface area contributed by atoms with Gasteiger partial charge >= 0.3 is 0 Å². The normalized spacial score (nSPS) is 9.94. The van der Waals surface area contributed by atoms with E-state index in [1.807, 2.05) is 32.0 Å². The van der Waals surface area contributed by atoms with Crippen LogP contribution in [-0.4, -0.2) is 19.0 Å². The number of rotatable bonds is 5. The fourth-order valence-electron chi connectivity index (χ4n) is 1.28. The monoisotopic (exact) mass is 240 g/mol. The first-order valence-corrected chi connectivity index (χ1v) is 5.78. The molecule has 0 saturated carbocycles. The van der Waals surface area contributed by atoms with Crippen molar-refractivity contribution in [3.63, 3.8) is 0 Å². The first kappa shape index (κ1) is 12.8. The van der Waals surface area contributed by atoms with E-state index in [4.69, 9.17) is 11.6 Å². The van der Waals surface area contributed by atoms with Gasteiger partial charge in [0.1, 0.15) is 0 Å². The molecule has 0 heterocycles. The van der Waals surface area contributed by atoms with Crippen molar-refractivity contribution in [2.45, 2.75) is 20.3 Å². The Balaban J connectivity index is 2.47. The van der Waals surface area contributed by atoms with Gasteiger partial charge < -0.3 is 10.6 Å². The Kier molecular flexibility index (Phi) is 5.12. The van der Waals surface area contributed by atoms with Crippen LogP contribution in [0.3, 0.4) is 0 Å². The summed E-state index contributed by atoms with van der Waals surface area (Å²) in [4.78, 5) is 11.4. The maximum atomic E-state index is 11.4. The summed E-state index contributed by atoms with van der Waals surface area (Å²) in [5.41, 5.74) is 1.91. The fourth-order valence-corrected chi connectivity index (χ4v) is 1.46. The Morgan fingerprint density at radius 3 is 2.88 bits per heavy atom. The quantitative estimate of drug-likeness (QED) is 0.831. The van der Waals surface area contributed by atoms with E-state index in [9.17, 15) is 4.79 Å². The molecule has 0 fully saturated rings. The second kappa shape index (κ2) is 6.38. The van der Waals surface area contributed by atoms with Crippen molar-refractivity contribution >= 4 is 23.2 Å². The topological polar surface area (TPSA) is 41.1 Å². The van der Waals surface area contributed by atoms with Crippen LogP contribution in [0, 0.1) is 6.92 Å². The number of benzene rings is 1. The molecule has 0 atom stereocenters. The van der Waals surface area contributed by atoms with Crippen LogP contribution in [0.15, 0.2) is 18.2 Å². The van der Waals surface area contributed by atoms with Crippen LogP contribution in [0.4, 0.5) is 5.69 Å². The highest BCUT2D eigenvalue weighted by molar-refractivity contribution is 6.33. The maximum absolute atomic E-state index is 11.4. The van der Waals surface area contributed by atoms with Crippen LogP contribution in [0.1, 0.15) is 18.9 Å². The van der Waals surface area contributed by atoms with Gasteiger partial charge in [0.15, 0.2) is 0 Å². The zero-order valence-electron chi connectivity index (χ0n) is 9.64. The van der Waals surface area contributed by atoms with Crippen molar-refractivity contribution in [1.82, 2.24) is 5.32 Å². The molecule has 1 aromatic carbocycles. The molecule has 0 radical (unpaired) electrons. The largest absolute Gasteiger partial charge is 0.375 e. The van der Waals surface area contributed by atoms with Crippen molar-refractivity contribution in [3.05, 3.63) is 28.8 Å². The van der Waals surface area contributed by atoms with Crippen LogP contribution < -0.4 is 10.6 Å². The van der Waals surface area contributed by atoms with Gasteiger partial charge in [-0.25, -0.2) is 0 Å². The van der Waals surface area contributed by atoms with Crippen LogP contribution >= 0.6 is 11.6 Å². The molecule has 1 aromatic rings. The third kappa shape index (κ3) is 4.11. The van der Waals surface area contributed by atoms with Gasteiger partial charge in [0.2, 0.25) is 5.91 Å². The van der Waals surface area contributed by atoms with Crippen molar-refractivity contribution in [2.75, 3.05) is 18.4 Å². The number of hydrogen-bond acceptors (Lipinski definition) is 2. The highest BCUT2D eigenvalue weighted by Gasteiger charge is 2.03. The number of halogens is 1. The highest BCUT2D eigenvalue weighted by Crippen LogP contribution is 2.22. The lowest BCUT2D eigenvalue weighted by Crippen LogP contribution is -2.30. The summed E-state index contributed by atoms with van der Waals surface area (Å²) in [5.74, 6) is -0.0144. The van der Waals surface area contributed by atoms with Crippen molar-refractivity contribution < 1.29 is 4.79 Å². The standard InChI is InChI=1S/C12H17ClN2O/c1-3-6-14-12(16)8-15-11-7-9(2)4-5-10(11)13/h4-5,7,15H,3,6,8H2,1-2H3,(H,14,16). The zero-order chi connectivity index (χ0) is 12.0. The van der Waals surface area contributed by atoms with Crippen molar-refractivity contribution in [1.29, 1.82) is 0 Å². The molecule has 16 heavy (non-hydrogen) atoms. The smallest absolute Gasteiger partial charge is 0.239 e. The number of anilines is 1. The Bertz CT molecular complexity index is 366. The van der Waals surface area contributed by atoms with E-state index in [-0.39, 0.29) is 12.5 Å². The molecule has 0 spiro atoms. The highest BCUT2D eigenvalue weighted by atomic mass is 35.5. The average Bonchev–Trinajstić information content (AvgIpc) is 2.27. The van der Waals surface area contributed by atoms with Gasteiger partial charge in [-0.3, -0.25) is 4.79 Å². The molecule has 0 bridgehead atoms. The Hall–Kier alpha value is -1.22. The van der Waals surface area contributed by atoms with Gasteiger partial charge in [-0.1, -0.05) is 24.6 Å². The molecule has 3 nitrogen and oxygen atoms in total. The lowest BCUT2D eigenvalue weighted by atomic mass is 10.2. The van der Waals surface area contributed by atoms with Crippen LogP contribution in [0.25, 0.3) is 0 Å². The predicted octanol–water partition coefficient (Wildman–Crippen LogP) is 2.59. The van der Waals surface area contributed by atoms with E-state index < -0.39 is 0 Å². The molecule has 0 aliphatic heterocycles. The van der Waals surface area contributed by atoms with Crippen LogP contribution in [0.2, 0.25) is 5.02 Å². The molecule has 0 aliphatic rings. The molecule has 0 aromatic heterocycles. The summed E-state index contributed by atoms with van der Waals surface area (Å²) >= 11 is 5.99.